The number of nitrogens with one attached hydrogen (secondary N) is 1. The van der Waals surface area contributed by atoms with Crippen molar-refractivity contribution in [3.05, 3.63) is 41.0 Å². The van der Waals surface area contributed by atoms with Gasteiger partial charge in [0.2, 0.25) is 0 Å². The second kappa shape index (κ2) is 11.5. The smallest absolute Gasteiger partial charge is 0.165 e. The van der Waals surface area contributed by atoms with E-state index >= 15 is 0 Å². The van der Waals surface area contributed by atoms with Gasteiger partial charge in [-0.15, -0.1) is 0 Å². The molecule has 0 bridgehead atoms. The monoisotopic (exact) mass is 573 g/mol. The predicted octanol–water partition coefficient (Wildman–Crippen LogP) is 4.42. The van der Waals surface area contributed by atoms with Crippen molar-refractivity contribution in [2.75, 3.05) is 57.8 Å². The number of hydrogen-bond donors (Lipinski definition) is 1. The van der Waals surface area contributed by atoms with Crippen LogP contribution in [0.3, 0.4) is 0 Å². The number of rotatable bonds is 10. The summed E-state index contributed by atoms with van der Waals surface area (Å²) in [5, 5.41) is 4.78. The van der Waals surface area contributed by atoms with Gasteiger partial charge in [-0.3, -0.25) is 4.79 Å². The molecule has 12 heteroatoms. The van der Waals surface area contributed by atoms with Crippen molar-refractivity contribution >= 4 is 51.5 Å². The van der Waals surface area contributed by atoms with Crippen molar-refractivity contribution in [1.29, 1.82) is 0 Å². The van der Waals surface area contributed by atoms with Gasteiger partial charge >= 0.3 is 0 Å². The molecule has 2 aromatic heterocycles. The lowest BCUT2D eigenvalue weighted by Gasteiger charge is -2.39. The van der Waals surface area contributed by atoms with E-state index in [0.717, 1.165) is 5.39 Å². The van der Waals surface area contributed by atoms with E-state index in [1.807, 2.05) is 6.07 Å². The first-order valence-electron chi connectivity index (χ1n) is 12.4. The van der Waals surface area contributed by atoms with Crippen molar-refractivity contribution in [1.82, 2.24) is 15.0 Å². The molecule has 0 radical (unpaired) electrons. The van der Waals surface area contributed by atoms with Crippen LogP contribution in [0.2, 0.25) is 10.0 Å². The van der Waals surface area contributed by atoms with E-state index in [9.17, 15) is 4.79 Å². The average molecular weight is 574 g/mol. The van der Waals surface area contributed by atoms with Gasteiger partial charge in [0.05, 0.1) is 66.9 Å². The van der Waals surface area contributed by atoms with Crippen LogP contribution in [0.25, 0.3) is 22.3 Å². The standard InChI is InChI=1S/C27H29Cl2N5O5/c1-5-15(35)6-14-12-39-13-19(14)31-22-7-17-18(9-30-22)32-26(33-27(17)34-10-16(11-34)36-2)23-24(28)20(37-3)8-21(38-4)25(23)29/h5,7-9,14,16,19H,1,6,10-13H2,2-4H3,(H,30,31)/t14-,19+/m0/s1. The lowest BCUT2D eigenvalue weighted by atomic mass is 9.97. The van der Waals surface area contributed by atoms with Crippen molar-refractivity contribution in [2.45, 2.75) is 18.6 Å². The highest BCUT2D eigenvalue weighted by atomic mass is 35.5. The summed E-state index contributed by atoms with van der Waals surface area (Å²) in [6.45, 7) is 5.88. The Bertz CT molecular complexity index is 1390. The Morgan fingerprint density at radius 2 is 1.87 bits per heavy atom. The zero-order valence-electron chi connectivity index (χ0n) is 21.9. The van der Waals surface area contributed by atoms with E-state index in [-0.39, 0.29) is 33.9 Å². The minimum Gasteiger partial charge on any atom is -0.495 e. The van der Waals surface area contributed by atoms with E-state index in [4.69, 9.17) is 52.1 Å². The third kappa shape index (κ3) is 5.34. The number of carbonyl (C=O) groups excluding carboxylic acids is 1. The minimum absolute atomic E-state index is 0.0102. The molecule has 5 rings (SSSR count). The lowest BCUT2D eigenvalue weighted by molar-refractivity contribution is -0.115. The maximum atomic E-state index is 11.9. The third-order valence-electron chi connectivity index (χ3n) is 7.06. The second-order valence-electron chi connectivity index (χ2n) is 9.43. The van der Waals surface area contributed by atoms with E-state index in [1.165, 1.54) is 20.3 Å². The van der Waals surface area contributed by atoms with Gasteiger partial charge in [0, 0.05) is 44.0 Å². The van der Waals surface area contributed by atoms with Crippen LogP contribution >= 0.6 is 23.2 Å². The molecule has 2 aliphatic heterocycles. The first kappa shape index (κ1) is 27.4. The molecule has 206 valence electrons. The number of hydrogen-bond acceptors (Lipinski definition) is 10. The Morgan fingerprint density at radius 1 is 1.15 bits per heavy atom. The van der Waals surface area contributed by atoms with Crippen molar-refractivity contribution < 1.29 is 23.7 Å². The zero-order valence-corrected chi connectivity index (χ0v) is 23.4. The molecule has 2 aliphatic rings. The molecule has 2 fully saturated rings. The number of halogens is 2. The van der Waals surface area contributed by atoms with Crippen LogP contribution in [-0.2, 0) is 14.3 Å². The Kier molecular flexibility index (Phi) is 8.08. The number of benzene rings is 1. The van der Waals surface area contributed by atoms with Crippen LogP contribution in [0, 0.1) is 5.92 Å². The van der Waals surface area contributed by atoms with Gasteiger partial charge in [0.25, 0.3) is 0 Å². The number of allylic oxidation sites excluding steroid dienone is 1. The Balaban J connectivity index is 1.57. The number of nitrogens with zero attached hydrogens (tertiary/aromatic N) is 4. The normalized spacial score (nSPS) is 19.2. The summed E-state index contributed by atoms with van der Waals surface area (Å²) in [7, 11) is 4.72. The molecule has 0 saturated carbocycles. The second-order valence-corrected chi connectivity index (χ2v) is 10.2. The Labute approximate surface area is 236 Å². The van der Waals surface area contributed by atoms with Crippen LogP contribution in [-0.4, -0.2) is 80.5 Å². The van der Waals surface area contributed by atoms with Gasteiger partial charge in [-0.05, 0) is 12.1 Å². The minimum atomic E-state index is -0.0637. The summed E-state index contributed by atoms with van der Waals surface area (Å²) in [4.78, 5) is 28.3. The van der Waals surface area contributed by atoms with Gasteiger partial charge in [-0.1, -0.05) is 29.8 Å². The van der Waals surface area contributed by atoms with Crippen LogP contribution in [0.1, 0.15) is 6.42 Å². The summed E-state index contributed by atoms with van der Waals surface area (Å²) in [6, 6.07) is 3.47. The highest BCUT2D eigenvalue weighted by Gasteiger charge is 2.32. The maximum Gasteiger partial charge on any atom is 0.165 e. The van der Waals surface area contributed by atoms with Gasteiger partial charge in [-0.25, -0.2) is 15.0 Å². The molecule has 2 saturated heterocycles. The molecule has 39 heavy (non-hydrogen) atoms. The van der Waals surface area contributed by atoms with E-state index in [2.05, 4.69) is 21.8 Å². The molecule has 1 aromatic carbocycles. The Hall–Kier alpha value is -3.18. The van der Waals surface area contributed by atoms with Gasteiger partial charge < -0.3 is 29.2 Å². The predicted molar refractivity (Wildman–Crippen MR) is 150 cm³/mol. The maximum absolute atomic E-state index is 11.9. The summed E-state index contributed by atoms with van der Waals surface area (Å²) in [5.41, 5.74) is 1.01. The number of aromatic nitrogens is 3. The number of anilines is 2. The highest BCUT2D eigenvalue weighted by Crippen LogP contribution is 2.46. The van der Waals surface area contributed by atoms with Crippen LogP contribution in [0.15, 0.2) is 31.0 Å². The average Bonchev–Trinajstić information content (AvgIpc) is 3.34. The first-order chi connectivity index (χ1) is 18.9. The summed E-state index contributed by atoms with van der Waals surface area (Å²) >= 11 is 13.4. The van der Waals surface area contributed by atoms with Crippen LogP contribution in [0.5, 0.6) is 11.5 Å². The first-order valence-corrected chi connectivity index (χ1v) is 13.2. The molecular weight excluding hydrogens is 545 g/mol. The van der Waals surface area contributed by atoms with E-state index in [0.29, 0.717) is 72.8 Å². The number of carbonyl (C=O) groups is 1. The molecule has 1 N–H and O–H groups in total. The molecule has 0 amide bonds. The summed E-state index contributed by atoms with van der Waals surface area (Å²) in [5.74, 6) is 2.45. The molecular formula is C27H29Cl2N5O5. The van der Waals surface area contributed by atoms with E-state index in [1.54, 1.807) is 19.4 Å². The van der Waals surface area contributed by atoms with Crippen molar-refractivity contribution in [2.24, 2.45) is 5.92 Å². The zero-order chi connectivity index (χ0) is 27.7. The van der Waals surface area contributed by atoms with Gasteiger partial charge in [-0.2, -0.15) is 0 Å². The molecule has 3 aromatic rings. The van der Waals surface area contributed by atoms with E-state index < -0.39 is 0 Å². The summed E-state index contributed by atoms with van der Waals surface area (Å²) in [6.07, 6.45) is 3.49. The number of pyridine rings is 1. The Morgan fingerprint density at radius 3 is 2.51 bits per heavy atom. The fraction of sp³-hybridized carbons (Fsp3) is 0.407. The number of methoxy groups -OCH3 is 3. The van der Waals surface area contributed by atoms with Gasteiger partial charge in [0.1, 0.15) is 23.1 Å². The molecule has 0 unspecified atom stereocenters. The van der Waals surface area contributed by atoms with Crippen molar-refractivity contribution in [3.63, 3.8) is 0 Å². The van der Waals surface area contributed by atoms with Gasteiger partial charge in [0.15, 0.2) is 11.6 Å². The highest BCUT2D eigenvalue weighted by molar-refractivity contribution is 6.41. The third-order valence-corrected chi connectivity index (χ3v) is 7.81. The molecule has 2 atom stereocenters. The largest absolute Gasteiger partial charge is 0.495 e. The molecule has 0 spiro atoms. The number of ketones is 1. The topological polar surface area (TPSA) is 108 Å². The summed E-state index contributed by atoms with van der Waals surface area (Å²) < 4.78 is 22.0. The fourth-order valence-corrected chi connectivity index (χ4v) is 5.45. The lowest BCUT2D eigenvalue weighted by Crippen LogP contribution is -2.52. The molecule has 4 heterocycles. The van der Waals surface area contributed by atoms with Crippen LogP contribution in [0.4, 0.5) is 11.6 Å². The number of fused-ring (bicyclic) bond motifs is 1. The quantitative estimate of drug-likeness (QED) is 0.350. The molecule has 10 nitrogen and oxygen atoms in total. The molecule has 0 aliphatic carbocycles. The SMILES string of the molecule is C=CC(=O)C[C@H]1COC[C@H]1Nc1cc2c(N3CC(OC)C3)nc(-c3c(Cl)c(OC)cc(OC)c3Cl)nc2cn1. The number of ether oxygens (including phenoxy) is 4. The van der Waals surface area contributed by atoms with Crippen molar-refractivity contribution in [3.8, 4) is 22.9 Å². The fourth-order valence-electron chi connectivity index (χ4n) is 4.78. The van der Waals surface area contributed by atoms with Crippen LogP contribution < -0.4 is 19.7 Å².